The summed E-state index contributed by atoms with van der Waals surface area (Å²) in [6.07, 6.45) is 0.818. The van der Waals surface area contributed by atoms with Crippen LogP contribution in [0.1, 0.15) is 31.1 Å². The maximum Gasteiger partial charge on any atom is 0.330 e. The number of aliphatic hydroxyl groups excluding tert-OH is 2. The zero-order chi connectivity index (χ0) is 14.9. The molecule has 20 heavy (non-hydrogen) atoms. The predicted molar refractivity (Wildman–Crippen MR) is 73.2 cm³/mol. The Morgan fingerprint density at radius 1 is 1.40 bits per heavy atom. The first kappa shape index (κ1) is 14.6. The monoisotopic (exact) mass is 278 g/mol. The zero-order valence-corrected chi connectivity index (χ0v) is 11.7. The first-order valence-corrected chi connectivity index (χ1v) is 6.30. The van der Waals surface area contributed by atoms with Crippen molar-refractivity contribution in [1.82, 2.24) is 0 Å². The SMILES string of the molecule is COC(=O)/C=C/c1ccc2c(c1)[C@H](O)[C@@H](O)C(C)(C)O2. The molecule has 0 bridgehead atoms. The van der Waals surface area contributed by atoms with Gasteiger partial charge in [-0.2, -0.15) is 0 Å². The van der Waals surface area contributed by atoms with Crippen LogP contribution < -0.4 is 4.74 Å². The lowest BCUT2D eigenvalue weighted by molar-refractivity contribution is -0.134. The third kappa shape index (κ3) is 2.69. The molecule has 0 saturated carbocycles. The van der Waals surface area contributed by atoms with Crippen LogP contribution in [0.4, 0.5) is 0 Å². The minimum Gasteiger partial charge on any atom is -0.485 e. The van der Waals surface area contributed by atoms with E-state index >= 15 is 0 Å². The number of hydrogen-bond acceptors (Lipinski definition) is 5. The van der Waals surface area contributed by atoms with E-state index in [0.29, 0.717) is 16.9 Å². The van der Waals surface area contributed by atoms with Crippen molar-refractivity contribution in [1.29, 1.82) is 0 Å². The topological polar surface area (TPSA) is 76.0 Å². The maximum absolute atomic E-state index is 11.1. The molecule has 1 aliphatic rings. The Hall–Kier alpha value is -1.85. The molecule has 0 aromatic heterocycles. The van der Waals surface area contributed by atoms with Gasteiger partial charge in [0.1, 0.15) is 23.6 Å². The van der Waals surface area contributed by atoms with E-state index in [1.165, 1.54) is 13.2 Å². The van der Waals surface area contributed by atoms with Crippen molar-refractivity contribution in [3.63, 3.8) is 0 Å². The molecule has 2 rings (SSSR count). The Morgan fingerprint density at radius 3 is 2.75 bits per heavy atom. The van der Waals surface area contributed by atoms with Crippen molar-refractivity contribution in [3.8, 4) is 5.75 Å². The number of methoxy groups -OCH3 is 1. The van der Waals surface area contributed by atoms with Gasteiger partial charge in [0.15, 0.2) is 0 Å². The summed E-state index contributed by atoms with van der Waals surface area (Å²) >= 11 is 0. The van der Waals surface area contributed by atoms with Gasteiger partial charge in [0.2, 0.25) is 0 Å². The summed E-state index contributed by atoms with van der Waals surface area (Å²) < 4.78 is 10.2. The summed E-state index contributed by atoms with van der Waals surface area (Å²) in [5.74, 6) is 0.0729. The normalized spacial score (nSPS) is 24.1. The second-order valence-electron chi connectivity index (χ2n) is 5.25. The molecule has 5 heteroatoms. The highest BCUT2D eigenvalue weighted by atomic mass is 16.5. The number of hydrogen-bond donors (Lipinski definition) is 2. The van der Waals surface area contributed by atoms with Crippen LogP contribution in [0, 0.1) is 0 Å². The Bertz CT molecular complexity index is 547. The second-order valence-corrected chi connectivity index (χ2v) is 5.25. The van der Waals surface area contributed by atoms with Crippen molar-refractivity contribution < 1.29 is 24.5 Å². The number of carbonyl (C=O) groups excluding carboxylic acids is 1. The first-order chi connectivity index (χ1) is 9.35. The van der Waals surface area contributed by atoms with Crippen LogP contribution in [0.2, 0.25) is 0 Å². The standard InChI is InChI=1S/C15H18O5/c1-15(2)14(18)13(17)10-8-9(4-6-11(10)20-15)5-7-12(16)19-3/h4-8,13-14,17-18H,1-3H3/b7-5+/t13-,14+/m0/s1. The molecule has 1 heterocycles. The van der Waals surface area contributed by atoms with Gasteiger partial charge in [-0.25, -0.2) is 4.79 Å². The molecule has 0 spiro atoms. The molecule has 0 aliphatic carbocycles. The van der Waals surface area contributed by atoms with Crippen molar-refractivity contribution in [2.24, 2.45) is 0 Å². The zero-order valence-electron chi connectivity index (χ0n) is 11.7. The lowest BCUT2D eigenvalue weighted by Crippen LogP contribution is -2.48. The molecule has 0 unspecified atom stereocenters. The smallest absolute Gasteiger partial charge is 0.330 e. The molecule has 1 aromatic carbocycles. The maximum atomic E-state index is 11.1. The predicted octanol–water partition coefficient (Wildman–Crippen LogP) is 1.44. The molecule has 1 aliphatic heterocycles. The number of aliphatic hydroxyl groups is 2. The van der Waals surface area contributed by atoms with Gasteiger partial charge in [-0.05, 0) is 37.6 Å². The van der Waals surface area contributed by atoms with Gasteiger partial charge in [0.25, 0.3) is 0 Å². The van der Waals surface area contributed by atoms with Gasteiger partial charge < -0.3 is 19.7 Å². The third-order valence-corrected chi connectivity index (χ3v) is 3.35. The van der Waals surface area contributed by atoms with Crippen LogP contribution in [0.3, 0.4) is 0 Å². The summed E-state index contributed by atoms with van der Waals surface area (Å²) in [6.45, 7) is 3.43. The van der Waals surface area contributed by atoms with E-state index < -0.39 is 23.8 Å². The largest absolute Gasteiger partial charge is 0.485 e. The van der Waals surface area contributed by atoms with Crippen LogP contribution in [0.15, 0.2) is 24.3 Å². The van der Waals surface area contributed by atoms with Gasteiger partial charge in [-0.15, -0.1) is 0 Å². The number of fused-ring (bicyclic) bond motifs is 1. The quantitative estimate of drug-likeness (QED) is 0.632. The number of rotatable bonds is 2. The fourth-order valence-corrected chi connectivity index (χ4v) is 2.12. The molecule has 0 saturated heterocycles. The molecule has 5 nitrogen and oxygen atoms in total. The third-order valence-electron chi connectivity index (χ3n) is 3.35. The van der Waals surface area contributed by atoms with Crippen molar-refractivity contribution in [2.75, 3.05) is 7.11 Å². The van der Waals surface area contributed by atoms with E-state index in [4.69, 9.17) is 4.74 Å². The van der Waals surface area contributed by atoms with Crippen LogP contribution in [-0.2, 0) is 9.53 Å². The van der Waals surface area contributed by atoms with Crippen LogP contribution in [0.25, 0.3) is 6.08 Å². The Balaban J connectivity index is 2.33. The highest BCUT2D eigenvalue weighted by molar-refractivity contribution is 5.87. The van der Waals surface area contributed by atoms with E-state index in [2.05, 4.69) is 4.74 Å². The van der Waals surface area contributed by atoms with Crippen LogP contribution >= 0.6 is 0 Å². The van der Waals surface area contributed by atoms with Gasteiger partial charge in [-0.3, -0.25) is 0 Å². The van der Waals surface area contributed by atoms with Crippen LogP contribution in [-0.4, -0.2) is 35.0 Å². The summed E-state index contributed by atoms with van der Waals surface area (Å²) in [5, 5.41) is 20.2. The average molecular weight is 278 g/mol. The van der Waals surface area contributed by atoms with Gasteiger partial charge >= 0.3 is 5.97 Å². The summed E-state index contributed by atoms with van der Waals surface area (Å²) in [7, 11) is 1.30. The molecule has 1 aromatic rings. The van der Waals surface area contributed by atoms with Crippen molar-refractivity contribution >= 4 is 12.0 Å². The van der Waals surface area contributed by atoms with Gasteiger partial charge in [0, 0.05) is 11.6 Å². The Labute approximate surface area is 117 Å². The highest BCUT2D eigenvalue weighted by Gasteiger charge is 2.41. The number of carbonyl (C=O) groups is 1. The fraction of sp³-hybridized carbons (Fsp3) is 0.400. The lowest BCUT2D eigenvalue weighted by atomic mass is 9.88. The van der Waals surface area contributed by atoms with E-state index in [9.17, 15) is 15.0 Å². The van der Waals surface area contributed by atoms with Crippen molar-refractivity contribution in [2.45, 2.75) is 31.7 Å². The van der Waals surface area contributed by atoms with E-state index in [0.717, 1.165) is 0 Å². The molecule has 0 fully saturated rings. The van der Waals surface area contributed by atoms with Gasteiger partial charge in [0.05, 0.1) is 7.11 Å². The minimum atomic E-state index is -1.03. The minimum absolute atomic E-state index is 0.458. The van der Waals surface area contributed by atoms with Crippen molar-refractivity contribution in [3.05, 3.63) is 35.4 Å². The second kappa shape index (κ2) is 5.26. The molecule has 2 atom stereocenters. The number of ether oxygens (including phenoxy) is 2. The molecular formula is C15H18O5. The highest BCUT2D eigenvalue weighted by Crippen LogP contribution is 2.40. The van der Waals surface area contributed by atoms with E-state index in [1.54, 1.807) is 38.1 Å². The molecule has 0 amide bonds. The summed E-state index contributed by atoms with van der Waals surface area (Å²) in [6, 6.07) is 5.15. The lowest BCUT2D eigenvalue weighted by Gasteiger charge is -2.40. The summed E-state index contributed by atoms with van der Waals surface area (Å²) in [5.41, 5.74) is 0.364. The van der Waals surface area contributed by atoms with E-state index in [-0.39, 0.29) is 0 Å². The first-order valence-electron chi connectivity index (χ1n) is 6.30. The number of esters is 1. The molecular weight excluding hydrogens is 260 g/mol. The van der Waals surface area contributed by atoms with Gasteiger partial charge in [-0.1, -0.05) is 6.07 Å². The molecule has 2 N–H and O–H groups in total. The van der Waals surface area contributed by atoms with E-state index in [1.807, 2.05) is 0 Å². The summed E-state index contributed by atoms with van der Waals surface area (Å²) in [4.78, 5) is 11.1. The number of benzene rings is 1. The Kier molecular flexibility index (Phi) is 3.83. The fourth-order valence-electron chi connectivity index (χ4n) is 2.12. The molecule has 108 valence electrons. The average Bonchev–Trinajstić information content (AvgIpc) is 2.42. The molecule has 0 radical (unpaired) electrons. The van der Waals surface area contributed by atoms with Crippen LogP contribution in [0.5, 0.6) is 5.75 Å². The Morgan fingerprint density at radius 2 is 2.10 bits per heavy atom.